The largest absolute Gasteiger partial charge is 0.429 e. The van der Waals surface area contributed by atoms with E-state index in [1.54, 1.807) is 12.1 Å². The van der Waals surface area contributed by atoms with Gasteiger partial charge in [0, 0.05) is 10.9 Å². The summed E-state index contributed by atoms with van der Waals surface area (Å²) in [5.74, 6) is 2.32. The number of aryl methyl sites for hydroxylation is 1. The Morgan fingerprint density at radius 3 is 2.22 bits per heavy atom. The fourth-order valence-corrected chi connectivity index (χ4v) is 5.10. The maximum atomic E-state index is 15.1. The number of benzene rings is 3. The van der Waals surface area contributed by atoms with Gasteiger partial charge in [0.15, 0.2) is 17.4 Å². The number of hydrogen-bond acceptors (Lipinski definition) is 1. The summed E-state index contributed by atoms with van der Waals surface area (Å²) in [7, 11) is 0. The van der Waals surface area contributed by atoms with Crippen LogP contribution in [0, 0.1) is 41.1 Å². The smallest absolute Gasteiger partial charge is 0.387 e. The maximum Gasteiger partial charge on any atom is 0.387 e. The van der Waals surface area contributed by atoms with Crippen molar-refractivity contribution >= 4 is 10.8 Å². The standard InChI is InChI=1S/C31H29F5O/c1-2-3-4-20-5-7-21(8-6-20)9-10-22-12-16-26-25(17-22)15-14-24(29(26)34)13-11-23-18-27(32)30(28(33)19-23)37-31(35)36/h2,12,14-21,31H,1,3-10H2. The number of allylic oxidation sites excluding steroid dienone is 1. The number of ether oxygens (including phenoxy) is 1. The second kappa shape index (κ2) is 12.3. The molecule has 194 valence electrons. The van der Waals surface area contributed by atoms with Crippen molar-refractivity contribution in [1.82, 2.24) is 0 Å². The molecule has 0 aromatic heterocycles. The average molecular weight is 513 g/mol. The first-order valence-electron chi connectivity index (χ1n) is 12.6. The summed E-state index contributed by atoms with van der Waals surface area (Å²) in [5, 5.41) is 1.18. The zero-order chi connectivity index (χ0) is 26.4. The molecule has 6 heteroatoms. The van der Waals surface area contributed by atoms with Gasteiger partial charge in [0.25, 0.3) is 0 Å². The third-order valence-electron chi connectivity index (χ3n) is 7.15. The zero-order valence-corrected chi connectivity index (χ0v) is 20.5. The van der Waals surface area contributed by atoms with Crippen LogP contribution in [0.3, 0.4) is 0 Å². The Labute approximate surface area is 214 Å². The van der Waals surface area contributed by atoms with Crippen LogP contribution in [0.1, 0.15) is 61.6 Å². The quantitative estimate of drug-likeness (QED) is 0.166. The topological polar surface area (TPSA) is 9.23 Å². The lowest BCUT2D eigenvalue weighted by Crippen LogP contribution is -2.15. The van der Waals surface area contributed by atoms with E-state index in [4.69, 9.17) is 0 Å². The van der Waals surface area contributed by atoms with Crippen molar-refractivity contribution in [1.29, 1.82) is 0 Å². The highest BCUT2D eigenvalue weighted by Gasteiger charge is 2.20. The van der Waals surface area contributed by atoms with E-state index < -0.39 is 29.8 Å². The lowest BCUT2D eigenvalue weighted by Gasteiger charge is -2.28. The maximum absolute atomic E-state index is 15.1. The molecule has 0 spiro atoms. The second-order valence-electron chi connectivity index (χ2n) is 9.67. The minimum atomic E-state index is -3.36. The number of halogens is 5. The number of hydrogen-bond donors (Lipinski definition) is 0. The molecule has 0 saturated heterocycles. The van der Waals surface area contributed by atoms with Gasteiger partial charge in [-0.25, -0.2) is 13.2 Å². The molecule has 0 heterocycles. The van der Waals surface area contributed by atoms with Crippen LogP contribution in [0.5, 0.6) is 5.75 Å². The molecular formula is C31H29F5O. The normalized spacial score (nSPS) is 17.5. The van der Waals surface area contributed by atoms with E-state index in [0.717, 1.165) is 54.2 Å². The van der Waals surface area contributed by atoms with Crippen LogP contribution in [0.2, 0.25) is 0 Å². The molecule has 4 rings (SSSR count). The Hall–Kier alpha value is -3.33. The van der Waals surface area contributed by atoms with Crippen molar-refractivity contribution in [2.75, 3.05) is 0 Å². The van der Waals surface area contributed by atoms with Gasteiger partial charge in [-0.2, -0.15) is 8.78 Å². The second-order valence-corrected chi connectivity index (χ2v) is 9.67. The molecule has 0 radical (unpaired) electrons. The molecule has 3 aromatic rings. The summed E-state index contributed by atoms with van der Waals surface area (Å²) in [4.78, 5) is 0. The molecule has 1 aliphatic carbocycles. The number of fused-ring (bicyclic) bond motifs is 1. The summed E-state index contributed by atoms with van der Waals surface area (Å²) in [6.45, 7) is 0.453. The third kappa shape index (κ3) is 6.91. The molecule has 3 aromatic carbocycles. The molecule has 37 heavy (non-hydrogen) atoms. The van der Waals surface area contributed by atoms with Crippen molar-refractivity contribution in [3.05, 3.63) is 89.3 Å². The van der Waals surface area contributed by atoms with Crippen molar-refractivity contribution in [3.63, 3.8) is 0 Å². The first kappa shape index (κ1) is 26.7. The molecule has 1 saturated carbocycles. The van der Waals surface area contributed by atoms with Crippen molar-refractivity contribution in [2.24, 2.45) is 11.8 Å². The van der Waals surface area contributed by atoms with Gasteiger partial charge in [0.05, 0.1) is 5.56 Å². The predicted octanol–water partition coefficient (Wildman–Crippen LogP) is 8.96. The minimum absolute atomic E-state index is 0.0715. The van der Waals surface area contributed by atoms with Crippen LogP contribution in [-0.2, 0) is 6.42 Å². The van der Waals surface area contributed by atoms with Gasteiger partial charge in [-0.15, -0.1) is 6.58 Å². The van der Waals surface area contributed by atoms with Gasteiger partial charge < -0.3 is 4.74 Å². The predicted molar refractivity (Wildman–Crippen MR) is 136 cm³/mol. The summed E-state index contributed by atoms with van der Waals surface area (Å²) < 4.78 is 71.4. The summed E-state index contributed by atoms with van der Waals surface area (Å²) in [6, 6.07) is 10.5. The SMILES string of the molecule is C=CCCC1CCC(CCc2ccc3c(F)c(C#Cc4cc(F)c(OC(F)F)c(F)c4)ccc3c2)CC1. The van der Waals surface area contributed by atoms with Gasteiger partial charge >= 0.3 is 6.61 Å². The van der Waals surface area contributed by atoms with Crippen LogP contribution in [-0.4, -0.2) is 6.61 Å². The summed E-state index contributed by atoms with van der Waals surface area (Å²) >= 11 is 0. The van der Waals surface area contributed by atoms with Crippen LogP contribution >= 0.6 is 0 Å². The van der Waals surface area contributed by atoms with E-state index in [0.29, 0.717) is 5.39 Å². The first-order chi connectivity index (χ1) is 17.8. The van der Waals surface area contributed by atoms with Crippen LogP contribution < -0.4 is 4.74 Å². The Bertz CT molecular complexity index is 1290. The van der Waals surface area contributed by atoms with Crippen LogP contribution in [0.15, 0.2) is 55.1 Å². The highest BCUT2D eigenvalue weighted by atomic mass is 19.3. The van der Waals surface area contributed by atoms with Crippen molar-refractivity contribution in [2.45, 2.75) is 58.0 Å². The molecule has 0 atom stereocenters. The molecule has 1 fully saturated rings. The number of rotatable bonds is 8. The minimum Gasteiger partial charge on any atom is -0.429 e. The van der Waals surface area contributed by atoms with Crippen LogP contribution in [0.4, 0.5) is 22.0 Å². The van der Waals surface area contributed by atoms with Crippen LogP contribution in [0.25, 0.3) is 10.8 Å². The fourth-order valence-electron chi connectivity index (χ4n) is 5.10. The Kier molecular flexibility index (Phi) is 8.87. The van der Waals surface area contributed by atoms with Crippen molar-refractivity contribution < 1.29 is 26.7 Å². The van der Waals surface area contributed by atoms with Crippen molar-refractivity contribution in [3.8, 4) is 17.6 Å². The van der Waals surface area contributed by atoms with E-state index in [1.807, 2.05) is 18.2 Å². The molecule has 0 aliphatic heterocycles. The van der Waals surface area contributed by atoms with Gasteiger partial charge in [-0.3, -0.25) is 0 Å². The Morgan fingerprint density at radius 2 is 1.57 bits per heavy atom. The van der Waals surface area contributed by atoms with E-state index in [1.165, 1.54) is 38.2 Å². The van der Waals surface area contributed by atoms with Gasteiger partial charge in [0.2, 0.25) is 0 Å². The average Bonchev–Trinajstić information content (AvgIpc) is 2.88. The Morgan fingerprint density at radius 1 is 0.892 bits per heavy atom. The van der Waals surface area contributed by atoms with Gasteiger partial charge in [-0.05, 0) is 66.7 Å². The molecule has 1 nitrogen and oxygen atoms in total. The van der Waals surface area contributed by atoms with E-state index in [2.05, 4.69) is 23.2 Å². The Balaban J connectivity index is 1.42. The highest BCUT2D eigenvalue weighted by Crippen LogP contribution is 2.34. The monoisotopic (exact) mass is 512 g/mol. The lowest BCUT2D eigenvalue weighted by atomic mass is 9.78. The molecule has 0 unspecified atom stereocenters. The number of alkyl halides is 2. The molecule has 1 aliphatic rings. The van der Waals surface area contributed by atoms with E-state index in [-0.39, 0.29) is 11.1 Å². The zero-order valence-electron chi connectivity index (χ0n) is 20.5. The molecule has 0 N–H and O–H groups in total. The first-order valence-corrected chi connectivity index (χ1v) is 12.6. The van der Waals surface area contributed by atoms with E-state index in [9.17, 15) is 17.6 Å². The van der Waals surface area contributed by atoms with Gasteiger partial charge in [0.1, 0.15) is 5.82 Å². The fraction of sp³-hybridized carbons (Fsp3) is 0.355. The van der Waals surface area contributed by atoms with Gasteiger partial charge in [-0.1, -0.05) is 67.9 Å². The molecule has 0 amide bonds. The molecule has 0 bridgehead atoms. The van der Waals surface area contributed by atoms with E-state index >= 15 is 4.39 Å². The molecular weight excluding hydrogens is 483 g/mol. The summed E-state index contributed by atoms with van der Waals surface area (Å²) in [6.07, 6.45) is 11.5. The lowest BCUT2D eigenvalue weighted by molar-refractivity contribution is -0.0546. The third-order valence-corrected chi connectivity index (χ3v) is 7.15. The highest BCUT2D eigenvalue weighted by molar-refractivity contribution is 5.85. The summed E-state index contributed by atoms with van der Waals surface area (Å²) in [5.41, 5.74) is 1.11.